The number of allylic oxidation sites excluding steroid dienone is 2. The first-order valence-electron chi connectivity index (χ1n) is 34.2. The second-order valence-corrected chi connectivity index (χ2v) is 30.9. The molecular formula is C65H106O31. The highest BCUT2D eigenvalue weighted by atomic mass is 16.8. The lowest BCUT2D eigenvalue weighted by atomic mass is 9.33. The molecule has 0 bridgehead atoms. The van der Waals surface area contributed by atoms with Gasteiger partial charge in [0.2, 0.25) is 6.29 Å². The molecule has 10 fully saturated rings. The van der Waals surface area contributed by atoms with Crippen LogP contribution in [0.25, 0.3) is 0 Å². The summed E-state index contributed by atoms with van der Waals surface area (Å²) in [4.78, 5) is 15.4. The van der Waals surface area contributed by atoms with Crippen molar-refractivity contribution in [2.24, 2.45) is 56.7 Å². The first-order chi connectivity index (χ1) is 45.1. The van der Waals surface area contributed by atoms with Gasteiger partial charge in [-0.05, 0) is 116 Å². The molecule has 0 radical (unpaired) electrons. The van der Waals surface area contributed by atoms with Crippen molar-refractivity contribution in [1.29, 1.82) is 0 Å². The van der Waals surface area contributed by atoms with E-state index in [0.717, 1.165) is 12.8 Å². The summed E-state index contributed by atoms with van der Waals surface area (Å²) in [7, 11) is 0. The Balaban J connectivity index is 0.787. The Labute approximate surface area is 556 Å². The van der Waals surface area contributed by atoms with Crippen LogP contribution < -0.4 is 0 Å². The van der Waals surface area contributed by atoms with Crippen LogP contribution in [0.15, 0.2) is 11.6 Å². The van der Waals surface area contributed by atoms with Gasteiger partial charge in [0, 0.05) is 0 Å². The third-order valence-corrected chi connectivity index (χ3v) is 25.5. The number of fused-ring (bicyclic) bond motifs is 7. The monoisotopic (exact) mass is 1380 g/mol. The number of carbonyl (C=O) groups is 1. The van der Waals surface area contributed by atoms with Crippen molar-refractivity contribution >= 4 is 5.97 Å². The molecule has 18 N–H and O–H groups in total. The highest BCUT2D eigenvalue weighted by molar-refractivity contribution is 5.79. The van der Waals surface area contributed by atoms with E-state index < -0.39 is 233 Å². The van der Waals surface area contributed by atoms with E-state index in [1.165, 1.54) is 12.5 Å². The zero-order chi connectivity index (χ0) is 70.0. The second-order valence-electron chi connectivity index (χ2n) is 30.9. The van der Waals surface area contributed by atoms with E-state index in [4.69, 9.17) is 56.8 Å². The molecule has 0 unspecified atom stereocenters. The van der Waals surface area contributed by atoms with Gasteiger partial charge in [-0.3, -0.25) is 4.79 Å². The molecular weight excluding hydrogens is 1280 g/mol. The van der Waals surface area contributed by atoms with E-state index in [2.05, 4.69) is 54.5 Å². The van der Waals surface area contributed by atoms with Crippen LogP contribution in [-0.4, -0.2) is 315 Å². The van der Waals surface area contributed by atoms with Gasteiger partial charge in [0.1, 0.15) is 134 Å². The van der Waals surface area contributed by atoms with Crippen molar-refractivity contribution in [2.75, 3.05) is 33.0 Å². The van der Waals surface area contributed by atoms with Crippen LogP contribution >= 0.6 is 0 Å². The van der Waals surface area contributed by atoms with Crippen LogP contribution in [0.2, 0.25) is 0 Å². The van der Waals surface area contributed by atoms with E-state index in [-0.39, 0.29) is 47.0 Å². The summed E-state index contributed by atoms with van der Waals surface area (Å²) in [5.41, 5.74) is -1.50. The fraction of sp³-hybridized carbons (Fsp3) is 0.954. The Hall–Kier alpha value is -1.95. The summed E-state index contributed by atoms with van der Waals surface area (Å²) in [6, 6.07) is 0. The average molecular weight is 1380 g/mol. The number of rotatable bonds is 16. The van der Waals surface area contributed by atoms with Gasteiger partial charge in [-0.25, -0.2) is 0 Å². The van der Waals surface area contributed by atoms with Crippen molar-refractivity contribution in [3.8, 4) is 0 Å². The molecule has 0 amide bonds. The average Bonchev–Trinajstić information content (AvgIpc) is 0.675. The van der Waals surface area contributed by atoms with Gasteiger partial charge >= 0.3 is 5.97 Å². The van der Waals surface area contributed by atoms with Gasteiger partial charge in [-0.1, -0.05) is 60.1 Å². The Morgan fingerprint density at radius 3 is 1.55 bits per heavy atom. The van der Waals surface area contributed by atoms with Crippen molar-refractivity contribution in [3.63, 3.8) is 0 Å². The maximum absolute atomic E-state index is 15.4. The quantitative estimate of drug-likeness (QED) is 0.0391. The fourth-order valence-electron chi connectivity index (χ4n) is 19.2. The summed E-state index contributed by atoms with van der Waals surface area (Å²) in [6.07, 6.45) is -40.7. The maximum Gasteiger partial charge on any atom is 0.315 e. The highest BCUT2D eigenvalue weighted by Gasteiger charge is 2.71. The van der Waals surface area contributed by atoms with Crippen LogP contribution in [0.4, 0.5) is 0 Å². The predicted molar refractivity (Wildman–Crippen MR) is 321 cm³/mol. The number of hydrogen-bond acceptors (Lipinski definition) is 31. The minimum Gasteiger partial charge on any atom is -0.432 e. The standard InChI is InChI=1S/C65H106O31/c1-24-11-16-65(60(84)96-58-51(83)46(78)41(73)32(92-58)23-87-55-48(80)45(77)40(72)31(91-55)22-86-54-47(79)43(75)38(70)29(19-66)89-54)18-17-63(7)27(36(65)25(24)2)9-10-34-62(6)14-13-35(61(4,5)33(62)12-15-64(34,63)8)93-59-53(95-56-49(81)42(74)37(69)26(3)88-56)52(28(68)21-85-59)94-57-50(82)44(76)39(71)30(20-67)90-57/h9,24-26,28-59,66-83H,10-23H2,1-8H3/t24-,25+,26-,28-,29-,30-,31-,32+,33+,34+,35-,36+,37-,38-,39-,40-,41+,42+,43+,44+,45+,46-,47-,48-,49-,50-,51+,52+,53-,54-,55-,56+,57+,58-,59+,62+,63+,64-,65-/m0/s1. The second kappa shape index (κ2) is 28.6. The molecule has 6 saturated heterocycles. The van der Waals surface area contributed by atoms with Gasteiger partial charge < -0.3 is 149 Å². The molecule has 96 heavy (non-hydrogen) atoms. The molecule has 11 aliphatic rings. The molecule has 552 valence electrons. The Kier molecular flexibility index (Phi) is 22.4. The number of ether oxygens (including phenoxy) is 12. The molecule has 0 spiro atoms. The largest absolute Gasteiger partial charge is 0.432 e. The smallest absolute Gasteiger partial charge is 0.315 e. The maximum atomic E-state index is 15.4. The molecule has 5 aliphatic carbocycles. The Morgan fingerprint density at radius 1 is 0.490 bits per heavy atom. The van der Waals surface area contributed by atoms with E-state index in [1.54, 1.807) is 0 Å². The van der Waals surface area contributed by atoms with Crippen molar-refractivity contribution in [3.05, 3.63) is 11.6 Å². The normalized spacial score (nSPS) is 55.1. The summed E-state index contributed by atoms with van der Waals surface area (Å²) in [6.45, 7) is 14.0. The van der Waals surface area contributed by atoms with Gasteiger partial charge in [0.15, 0.2) is 31.5 Å². The molecule has 31 heteroatoms. The lowest BCUT2D eigenvalue weighted by molar-refractivity contribution is -0.388. The molecule has 4 saturated carbocycles. The zero-order valence-electron chi connectivity index (χ0n) is 55.5. The predicted octanol–water partition coefficient (Wildman–Crippen LogP) is -4.86. The van der Waals surface area contributed by atoms with Gasteiger partial charge in [-0.15, -0.1) is 0 Å². The number of aliphatic hydroxyl groups is 18. The lowest BCUT2D eigenvalue weighted by Crippen LogP contribution is -2.67. The van der Waals surface area contributed by atoms with Gasteiger partial charge in [-0.2, -0.15) is 0 Å². The number of esters is 1. The minimum absolute atomic E-state index is 0.0186. The first-order valence-corrected chi connectivity index (χ1v) is 34.2. The molecule has 6 aliphatic heterocycles. The molecule has 0 aromatic rings. The van der Waals surface area contributed by atoms with E-state index in [9.17, 15) is 91.9 Å². The third kappa shape index (κ3) is 12.8. The summed E-state index contributed by atoms with van der Waals surface area (Å²) in [5, 5.41) is 194. The van der Waals surface area contributed by atoms with Crippen LogP contribution in [0, 0.1) is 56.7 Å². The van der Waals surface area contributed by atoms with E-state index in [0.29, 0.717) is 44.9 Å². The van der Waals surface area contributed by atoms with Crippen molar-refractivity contribution < 1.29 is 154 Å². The molecule has 39 atom stereocenters. The number of hydrogen-bond donors (Lipinski definition) is 18. The topological polar surface area (TPSA) is 492 Å². The zero-order valence-corrected chi connectivity index (χ0v) is 55.5. The fourth-order valence-corrected chi connectivity index (χ4v) is 19.2. The molecule has 0 aromatic carbocycles. The van der Waals surface area contributed by atoms with Crippen LogP contribution in [0.5, 0.6) is 0 Å². The molecule has 6 heterocycles. The Bertz CT molecular complexity index is 2680. The third-order valence-electron chi connectivity index (χ3n) is 25.5. The highest BCUT2D eigenvalue weighted by Crippen LogP contribution is 2.76. The van der Waals surface area contributed by atoms with Crippen molar-refractivity contribution in [1.82, 2.24) is 0 Å². The molecule has 11 rings (SSSR count). The van der Waals surface area contributed by atoms with Crippen LogP contribution in [0.1, 0.15) is 113 Å². The van der Waals surface area contributed by atoms with Gasteiger partial charge in [0.25, 0.3) is 0 Å². The summed E-state index contributed by atoms with van der Waals surface area (Å²) >= 11 is 0. The Morgan fingerprint density at radius 2 is 0.979 bits per heavy atom. The van der Waals surface area contributed by atoms with E-state index in [1.807, 2.05) is 0 Å². The van der Waals surface area contributed by atoms with Crippen molar-refractivity contribution in [2.45, 2.75) is 297 Å². The minimum atomic E-state index is -1.93. The van der Waals surface area contributed by atoms with E-state index >= 15 is 4.79 Å². The van der Waals surface area contributed by atoms with Crippen LogP contribution in [-0.2, 0) is 61.6 Å². The summed E-state index contributed by atoms with van der Waals surface area (Å²) < 4.78 is 72.1. The SMILES string of the molecule is C[C@@H]1[C@@H](C)CC[C@]2(C(=O)O[C@@H]3O[C@H](CO[C@H]4O[C@@H](CO[C@H]5O[C@@H](CO)[C@H](O)[C@@H](O)[C@@H]5O)[C@H](O)[C@@H](O)[C@@H]4O)[C@@H](O)[C@H](O)[C@H]3O)CC[C@]3(C)C(=CC[C@@H]4[C@]5(C)CC[C@H](O[C@H]6OC[C@H](O)[C@@H](O[C@H]7O[C@@H](CO)[C@H](O)[C@@H](O)[C@@H]7O)[C@@H]6O[C@H]6O[C@@H](C)[C@H](O)[C@@H](O)[C@@H]6O)C(C)(C)[C@H]5CC[C@@]43C)[C@@H]12. The molecule has 31 nitrogen and oxygen atoms in total. The van der Waals surface area contributed by atoms with Crippen LogP contribution in [0.3, 0.4) is 0 Å². The number of carbonyl (C=O) groups excluding carboxylic acids is 1. The van der Waals surface area contributed by atoms with Gasteiger partial charge in [0.05, 0.1) is 50.7 Å². The number of aliphatic hydroxyl groups excluding tert-OH is 18. The lowest BCUT2D eigenvalue weighted by Gasteiger charge is -2.71. The molecule has 0 aromatic heterocycles. The first kappa shape index (κ1) is 75.2. The summed E-state index contributed by atoms with van der Waals surface area (Å²) in [5.74, 6) is -0.590.